The Labute approximate surface area is 123 Å². The zero-order chi connectivity index (χ0) is 16.2. The summed E-state index contributed by atoms with van der Waals surface area (Å²) >= 11 is 0. The number of likely N-dealkylation sites (tertiary alicyclic amines) is 1. The molecule has 1 rings (SSSR count). The van der Waals surface area contributed by atoms with Crippen LogP contribution in [0.15, 0.2) is 0 Å². The van der Waals surface area contributed by atoms with Crippen LogP contribution in [0.4, 0.5) is 4.79 Å². The first-order chi connectivity index (χ1) is 9.65. The first kappa shape index (κ1) is 17.2. The molecule has 21 heavy (non-hydrogen) atoms. The van der Waals surface area contributed by atoms with Crippen LogP contribution in [0.25, 0.3) is 0 Å². The second-order valence-electron chi connectivity index (χ2n) is 5.87. The lowest BCUT2D eigenvalue weighted by Crippen LogP contribution is -2.63. The maximum atomic E-state index is 11.8. The monoisotopic (exact) mass is 301 g/mol. The van der Waals surface area contributed by atoms with Crippen LogP contribution in [0.1, 0.15) is 27.2 Å². The van der Waals surface area contributed by atoms with Gasteiger partial charge in [-0.3, -0.25) is 14.5 Å². The van der Waals surface area contributed by atoms with E-state index in [0.29, 0.717) is 13.0 Å². The van der Waals surface area contributed by atoms with Gasteiger partial charge in [-0.05, 0) is 27.2 Å². The third-order valence-electron chi connectivity index (χ3n) is 3.10. The van der Waals surface area contributed by atoms with Crippen molar-refractivity contribution in [1.82, 2.24) is 10.2 Å². The maximum absolute atomic E-state index is 11.8. The predicted molar refractivity (Wildman–Crippen MR) is 74.3 cm³/mol. The van der Waals surface area contributed by atoms with Crippen LogP contribution in [-0.2, 0) is 19.1 Å². The fourth-order valence-electron chi connectivity index (χ4n) is 2.05. The number of nitrogens with two attached hydrogens (primary N) is 1. The molecule has 0 bridgehead atoms. The highest BCUT2D eigenvalue weighted by molar-refractivity contribution is 5.83. The Morgan fingerprint density at radius 1 is 1.38 bits per heavy atom. The molecule has 2 unspecified atom stereocenters. The largest absolute Gasteiger partial charge is 0.468 e. The zero-order valence-corrected chi connectivity index (χ0v) is 12.8. The van der Waals surface area contributed by atoms with Gasteiger partial charge in [0.25, 0.3) is 0 Å². The Morgan fingerprint density at radius 2 is 2.00 bits per heavy atom. The number of esters is 1. The Morgan fingerprint density at radius 3 is 2.38 bits per heavy atom. The molecule has 1 saturated heterocycles. The molecule has 0 aromatic heterocycles. The van der Waals surface area contributed by atoms with Gasteiger partial charge in [-0.25, -0.2) is 4.79 Å². The van der Waals surface area contributed by atoms with Crippen molar-refractivity contribution in [3.8, 4) is 0 Å². The van der Waals surface area contributed by atoms with Gasteiger partial charge in [0, 0.05) is 13.1 Å². The number of hydrogen-bond donors (Lipinski definition) is 2. The predicted octanol–water partition coefficient (Wildman–Crippen LogP) is -0.388. The minimum Gasteiger partial charge on any atom is -0.468 e. The van der Waals surface area contributed by atoms with E-state index in [9.17, 15) is 14.4 Å². The van der Waals surface area contributed by atoms with Crippen LogP contribution in [0.3, 0.4) is 0 Å². The van der Waals surface area contributed by atoms with E-state index >= 15 is 0 Å². The SMILES string of the molecule is COC(=O)C(CNC(=O)OC(C)(C)C)N1CCC1C(N)=O. The molecule has 8 heteroatoms. The average Bonchev–Trinajstić information content (AvgIpc) is 2.28. The number of hydrogen-bond acceptors (Lipinski definition) is 6. The third-order valence-corrected chi connectivity index (χ3v) is 3.10. The third kappa shape index (κ3) is 4.89. The smallest absolute Gasteiger partial charge is 0.407 e. The molecule has 0 aliphatic carbocycles. The van der Waals surface area contributed by atoms with Gasteiger partial charge in [0.1, 0.15) is 11.6 Å². The normalized spacial score (nSPS) is 20.1. The fourth-order valence-corrected chi connectivity index (χ4v) is 2.05. The van der Waals surface area contributed by atoms with Crippen molar-refractivity contribution < 1.29 is 23.9 Å². The van der Waals surface area contributed by atoms with Crippen molar-refractivity contribution >= 4 is 18.0 Å². The van der Waals surface area contributed by atoms with Gasteiger partial charge in [-0.2, -0.15) is 0 Å². The van der Waals surface area contributed by atoms with Gasteiger partial charge in [-0.15, -0.1) is 0 Å². The molecule has 120 valence electrons. The lowest BCUT2D eigenvalue weighted by Gasteiger charge is -2.42. The fraction of sp³-hybridized carbons (Fsp3) is 0.769. The first-order valence-electron chi connectivity index (χ1n) is 6.75. The summed E-state index contributed by atoms with van der Waals surface area (Å²) in [5.41, 5.74) is 4.63. The Kier molecular flexibility index (Phi) is 5.54. The molecule has 0 aromatic carbocycles. The Hall–Kier alpha value is -1.83. The van der Waals surface area contributed by atoms with Gasteiger partial charge in [-0.1, -0.05) is 0 Å². The van der Waals surface area contributed by atoms with E-state index < -0.39 is 35.7 Å². The number of alkyl carbamates (subject to hydrolysis) is 1. The minimum atomic E-state index is -0.756. The van der Waals surface area contributed by atoms with Gasteiger partial charge in [0.2, 0.25) is 5.91 Å². The molecule has 0 spiro atoms. The number of primary amides is 1. The second-order valence-corrected chi connectivity index (χ2v) is 5.87. The number of nitrogens with one attached hydrogen (secondary N) is 1. The lowest BCUT2D eigenvalue weighted by atomic mass is 9.99. The first-order valence-corrected chi connectivity index (χ1v) is 6.75. The summed E-state index contributed by atoms with van der Waals surface area (Å²) in [4.78, 5) is 36.3. The number of methoxy groups -OCH3 is 1. The molecule has 8 nitrogen and oxygen atoms in total. The second kappa shape index (κ2) is 6.75. The number of amides is 2. The van der Waals surface area contributed by atoms with Gasteiger partial charge in [0.15, 0.2) is 0 Å². The summed E-state index contributed by atoms with van der Waals surface area (Å²) in [6.45, 7) is 5.75. The Balaban J connectivity index is 2.62. The number of nitrogens with zero attached hydrogens (tertiary/aromatic N) is 1. The highest BCUT2D eigenvalue weighted by Crippen LogP contribution is 2.21. The number of rotatable bonds is 5. The van der Waals surface area contributed by atoms with E-state index in [0.717, 1.165) is 0 Å². The van der Waals surface area contributed by atoms with E-state index in [4.69, 9.17) is 15.2 Å². The molecule has 0 radical (unpaired) electrons. The van der Waals surface area contributed by atoms with Gasteiger partial charge >= 0.3 is 12.1 Å². The number of carbonyl (C=O) groups excluding carboxylic acids is 3. The summed E-state index contributed by atoms with van der Waals surface area (Å²) in [5.74, 6) is -1.02. The van der Waals surface area contributed by atoms with Crippen molar-refractivity contribution in [3.05, 3.63) is 0 Å². The van der Waals surface area contributed by atoms with E-state index in [2.05, 4.69) is 5.32 Å². The van der Waals surface area contributed by atoms with Crippen molar-refractivity contribution in [1.29, 1.82) is 0 Å². The molecular weight excluding hydrogens is 278 g/mol. The molecule has 1 aliphatic heterocycles. The number of carbonyl (C=O) groups is 3. The zero-order valence-electron chi connectivity index (χ0n) is 12.8. The summed E-state index contributed by atoms with van der Waals surface area (Å²) in [6, 6.07) is -1.26. The molecule has 0 saturated carbocycles. The van der Waals surface area contributed by atoms with Gasteiger partial charge < -0.3 is 20.5 Å². The quantitative estimate of drug-likeness (QED) is 0.669. The lowest BCUT2D eigenvalue weighted by molar-refractivity contribution is -0.152. The highest BCUT2D eigenvalue weighted by Gasteiger charge is 2.41. The average molecular weight is 301 g/mol. The summed E-state index contributed by atoms with van der Waals surface area (Å²) in [6.07, 6.45) is -0.0394. The molecular formula is C13H23N3O5. The molecule has 1 heterocycles. The van der Waals surface area contributed by atoms with Crippen LogP contribution in [0, 0.1) is 0 Å². The molecule has 1 fully saturated rings. The van der Waals surface area contributed by atoms with Crippen molar-refractivity contribution in [2.75, 3.05) is 20.2 Å². The van der Waals surface area contributed by atoms with Crippen molar-refractivity contribution in [3.63, 3.8) is 0 Å². The standard InChI is InChI=1S/C13H23N3O5/c1-13(2,3)21-12(19)15-7-9(11(18)20-4)16-6-5-8(16)10(14)17/h8-9H,5-7H2,1-4H3,(H2,14,17)(H,15,19). The summed E-state index contributed by atoms with van der Waals surface area (Å²) in [7, 11) is 1.25. The molecule has 2 atom stereocenters. The van der Waals surface area contributed by atoms with Crippen LogP contribution in [-0.4, -0.2) is 60.8 Å². The van der Waals surface area contributed by atoms with E-state index in [1.165, 1.54) is 7.11 Å². The van der Waals surface area contributed by atoms with Gasteiger partial charge in [0.05, 0.1) is 13.2 Å². The highest BCUT2D eigenvalue weighted by atomic mass is 16.6. The Bertz CT molecular complexity index is 419. The van der Waals surface area contributed by atoms with Crippen LogP contribution in [0.5, 0.6) is 0 Å². The van der Waals surface area contributed by atoms with Crippen LogP contribution in [0.2, 0.25) is 0 Å². The molecule has 1 aliphatic rings. The van der Waals surface area contributed by atoms with E-state index in [-0.39, 0.29) is 6.54 Å². The van der Waals surface area contributed by atoms with Crippen LogP contribution >= 0.6 is 0 Å². The van der Waals surface area contributed by atoms with E-state index in [1.807, 2.05) is 0 Å². The van der Waals surface area contributed by atoms with Crippen molar-refractivity contribution in [2.24, 2.45) is 5.73 Å². The van der Waals surface area contributed by atoms with E-state index in [1.54, 1.807) is 25.7 Å². The van der Waals surface area contributed by atoms with Crippen molar-refractivity contribution in [2.45, 2.75) is 44.9 Å². The molecule has 0 aromatic rings. The summed E-state index contributed by atoms with van der Waals surface area (Å²) in [5, 5.41) is 2.51. The molecule has 3 N–H and O–H groups in total. The summed E-state index contributed by atoms with van der Waals surface area (Å²) < 4.78 is 9.80. The molecule has 2 amide bonds. The maximum Gasteiger partial charge on any atom is 0.407 e. The van der Waals surface area contributed by atoms with Crippen LogP contribution < -0.4 is 11.1 Å². The topological polar surface area (TPSA) is 111 Å². The number of ether oxygens (including phenoxy) is 2. The minimum absolute atomic E-state index is 0.00856.